The van der Waals surface area contributed by atoms with Gasteiger partial charge in [-0.25, -0.2) is 9.18 Å². The molecule has 6 rings (SSSR count). The zero-order valence-electron chi connectivity index (χ0n) is 25.5. The predicted molar refractivity (Wildman–Crippen MR) is 161 cm³/mol. The monoisotopic (exact) mass is 676 g/mol. The molecule has 1 fully saturated rings. The molecule has 48 heavy (non-hydrogen) atoms. The highest BCUT2D eigenvalue weighted by Gasteiger charge is 2.47. The van der Waals surface area contributed by atoms with Gasteiger partial charge in [-0.3, -0.25) is 18.8 Å². The summed E-state index contributed by atoms with van der Waals surface area (Å²) in [6.07, 6.45) is -9.16. The van der Waals surface area contributed by atoms with Crippen LogP contribution in [-0.4, -0.2) is 27.1 Å². The number of hydrogen-bond acceptors (Lipinski definition) is 5. The molecule has 0 amide bonds. The Labute approximate surface area is 270 Å². The Morgan fingerprint density at radius 2 is 1.42 bits per heavy atom. The Balaban J connectivity index is 1.40. The van der Waals surface area contributed by atoms with E-state index in [1.807, 2.05) is 0 Å². The van der Waals surface area contributed by atoms with Gasteiger partial charge in [0.25, 0.3) is 5.56 Å². The quantitative estimate of drug-likeness (QED) is 0.245. The number of nitrogens with two attached hydrogens (primary N) is 1. The maximum Gasteiger partial charge on any atom is 0.416 e. The van der Waals surface area contributed by atoms with Gasteiger partial charge < -0.3 is 10.5 Å². The number of aromatic nitrogens is 2. The summed E-state index contributed by atoms with van der Waals surface area (Å²) in [6, 6.07) is 15.5. The summed E-state index contributed by atoms with van der Waals surface area (Å²) in [7, 11) is 0. The fraction of sp³-hybridized carbons (Fsp3) is 0.353. The lowest BCUT2D eigenvalue weighted by Crippen LogP contribution is -2.49. The van der Waals surface area contributed by atoms with Crippen molar-refractivity contribution < 1.29 is 35.5 Å². The second kappa shape index (κ2) is 12.6. The Morgan fingerprint density at radius 3 is 2.08 bits per heavy atom. The number of alkyl halides is 6. The number of hydrogen-bond donors (Lipinski definition) is 1. The van der Waals surface area contributed by atoms with E-state index < -0.39 is 64.3 Å². The number of rotatable bonds is 7. The first-order valence-electron chi connectivity index (χ1n) is 15.2. The van der Waals surface area contributed by atoms with Crippen LogP contribution in [0.1, 0.15) is 58.0 Å². The Hall–Kier alpha value is -4.27. The van der Waals surface area contributed by atoms with Crippen molar-refractivity contribution in [1.82, 2.24) is 14.0 Å². The number of fused-ring (bicyclic) bond motifs is 2. The minimum absolute atomic E-state index is 0.0121. The molecule has 14 heteroatoms. The summed E-state index contributed by atoms with van der Waals surface area (Å²) in [6.45, 7) is -1.03. The molecule has 7 nitrogen and oxygen atoms in total. The topological polar surface area (TPSA) is 82.5 Å². The molecule has 2 aliphatic rings. The van der Waals surface area contributed by atoms with Crippen molar-refractivity contribution in [2.45, 2.75) is 63.1 Å². The second-order valence-corrected chi connectivity index (χ2v) is 12.1. The highest BCUT2D eigenvalue weighted by atomic mass is 19.4. The van der Waals surface area contributed by atoms with E-state index in [2.05, 4.69) is 0 Å². The van der Waals surface area contributed by atoms with Gasteiger partial charge in [-0.15, -0.1) is 0 Å². The average molecular weight is 677 g/mol. The molecule has 0 saturated carbocycles. The van der Waals surface area contributed by atoms with Gasteiger partial charge in [0.2, 0.25) is 0 Å². The van der Waals surface area contributed by atoms with Crippen LogP contribution in [0.25, 0.3) is 0 Å². The van der Waals surface area contributed by atoms with E-state index in [-0.39, 0.29) is 62.4 Å². The standard InChI is InChI=1S/C34H31F7N4O3/c35-26-12-6-11-25(34(39,40)41)23(26)18-44-28-20-48-32(13-15-43(16-14-32)17-22-9-4-5-10-24(22)33(36,37)38)29(28)30(46)45(31(44)47)19-27(42)21-7-2-1-3-8-21/h1-12,27H,13-20,42H2/t27-/m0/s1. The summed E-state index contributed by atoms with van der Waals surface area (Å²) in [5.74, 6) is -1.18. The van der Waals surface area contributed by atoms with Crippen LogP contribution >= 0.6 is 0 Å². The van der Waals surface area contributed by atoms with Gasteiger partial charge in [0.05, 0.1) is 42.1 Å². The molecule has 2 aliphatic heterocycles. The molecular weight excluding hydrogens is 645 g/mol. The van der Waals surface area contributed by atoms with E-state index in [0.717, 1.165) is 33.4 Å². The minimum atomic E-state index is -4.93. The third-order valence-corrected chi connectivity index (χ3v) is 9.20. The van der Waals surface area contributed by atoms with Crippen molar-refractivity contribution in [1.29, 1.82) is 0 Å². The van der Waals surface area contributed by atoms with Gasteiger partial charge in [0.15, 0.2) is 0 Å². The number of halogens is 7. The van der Waals surface area contributed by atoms with Crippen LogP contribution in [0.4, 0.5) is 30.7 Å². The highest BCUT2D eigenvalue weighted by molar-refractivity contribution is 5.35. The molecule has 0 aliphatic carbocycles. The third-order valence-electron chi connectivity index (χ3n) is 9.20. The number of likely N-dealkylation sites (tertiary alicyclic amines) is 1. The van der Waals surface area contributed by atoms with Gasteiger partial charge in [0.1, 0.15) is 11.4 Å². The number of nitrogens with zero attached hydrogens (tertiary/aromatic N) is 3. The molecule has 3 heterocycles. The molecule has 1 saturated heterocycles. The highest BCUT2D eigenvalue weighted by Crippen LogP contribution is 2.43. The zero-order valence-corrected chi connectivity index (χ0v) is 25.5. The minimum Gasteiger partial charge on any atom is -0.364 e. The zero-order chi connectivity index (χ0) is 34.4. The first-order chi connectivity index (χ1) is 22.7. The molecule has 0 bridgehead atoms. The van der Waals surface area contributed by atoms with E-state index in [9.17, 15) is 35.9 Å². The molecule has 254 valence electrons. The van der Waals surface area contributed by atoms with Crippen molar-refractivity contribution in [3.8, 4) is 0 Å². The van der Waals surface area contributed by atoms with Crippen molar-refractivity contribution in [3.63, 3.8) is 0 Å². The van der Waals surface area contributed by atoms with E-state index in [4.69, 9.17) is 10.5 Å². The molecule has 0 radical (unpaired) electrons. The average Bonchev–Trinajstić information content (AvgIpc) is 3.41. The smallest absolute Gasteiger partial charge is 0.364 e. The summed E-state index contributed by atoms with van der Waals surface area (Å²) < 4.78 is 106. The van der Waals surface area contributed by atoms with Crippen LogP contribution < -0.4 is 17.0 Å². The summed E-state index contributed by atoms with van der Waals surface area (Å²) in [5.41, 5.74) is 1.41. The molecule has 0 unspecified atom stereocenters. The number of piperidine rings is 1. The molecule has 1 spiro atoms. The summed E-state index contributed by atoms with van der Waals surface area (Å²) >= 11 is 0. The number of ether oxygens (including phenoxy) is 1. The molecular formula is C34H31F7N4O3. The normalized spacial score (nSPS) is 17.1. The van der Waals surface area contributed by atoms with Gasteiger partial charge in [-0.05, 0) is 42.2 Å². The Morgan fingerprint density at radius 1 is 0.792 bits per heavy atom. The van der Waals surface area contributed by atoms with E-state index >= 15 is 4.39 Å². The van der Waals surface area contributed by atoms with Crippen LogP contribution in [0.2, 0.25) is 0 Å². The fourth-order valence-corrected chi connectivity index (χ4v) is 6.74. The Bertz CT molecular complexity index is 1930. The molecule has 4 aromatic rings. The SMILES string of the molecule is N[C@@H](Cn1c(=O)c2c(n(Cc3c(F)cccc3C(F)(F)F)c1=O)COC21CCN(Cc2ccccc2C(F)(F)F)CC1)c1ccccc1. The predicted octanol–water partition coefficient (Wildman–Crippen LogP) is 5.96. The maximum absolute atomic E-state index is 15.0. The fourth-order valence-electron chi connectivity index (χ4n) is 6.74. The van der Waals surface area contributed by atoms with Crippen molar-refractivity contribution in [2.24, 2.45) is 5.73 Å². The van der Waals surface area contributed by atoms with E-state index in [0.29, 0.717) is 5.56 Å². The van der Waals surface area contributed by atoms with E-state index in [1.165, 1.54) is 18.2 Å². The van der Waals surface area contributed by atoms with E-state index in [1.54, 1.807) is 35.2 Å². The van der Waals surface area contributed by atoms with Gasteiger partial charge in [0, 0.05) is 31.2 Å². The summed E-state index contributed by atoms with van der Waals surface area (Å²) in [5, 5.41) is 0. The lowest BCUT2D eigenvalue weighted by atomic mass is 9.85. The second-order valence-electron chi connectivity index (χ2n) is 12.1. The van der Waals surface area contributed by atoms with Crippen LogP contribution in [0.15, 0.2) is 82.4 Å². The van der Waals surface area contributed by atoms with Gasteiger partial charge >= 0.3 is 18.0 Å². The Kier molecular flexibility index (Phi) is 8.85. The van der Waals surface area contributed by atoms with Crippen molar-refractivity contribution in [2.75, 3.05) is 13.1 Å². The van der Waals surface area contributed by atoms with Crippen LogP contribution in [-0.2, 0) is 48.9 Å². The lowest BCUT2D eigenvalue weighted by molar-refractivity contribution is -0.139. The molecule has 3 aromatic carbocycles. The number of benzene rings is 3. The van der Waals surface area contributed by atoms with Crippen LogP contribution in [0, 0.1) is 5.82 Å². The van der Waals surface area contributed by atoms with Crippen molar-refractivity contribution in [3.05, 3.63) is 139 Å². The molecule has 2 N–H and O–H groups in total. The summed E-state index contributed by atoms with van der Waals surface area (Å²) in [4.78, 5) is 29.9. The first-order valence-corrected chi connectivity index (χ1v) is 15.2. The maximum atomic E-state index is 15.0. The molecule has 1 atom stereocenters. The largest absolute Gasteiger partial charge is 0.416 e. The van der Waals surface area contributed by atoms with Crippen LogP contribution in [0.3, 0.4) is 0 Å². The van der Waals surface area contributed by atoms with Gasteiger partial charge in [-0.2, -0.15) is 26.3 Å². The van der Waals surface area contributed by atoms with Gasteiger partial charge in [-0.1, -0.05) is 54.6 Å². The van der Waals surface area contributed by atoms with Crippen molar-refractivity contribution >= 4 is 0 Å². The first kappa shape index (κ1) is 33.6. The van der Waals surface area contributed by atoms with Crippen LogP contribution in [0.5, 0.6) is 0 Å². The lowest BCUT2D eigenvalue weighted by Gasteiger charge is -2.39. The third kappa shape index (κ3) is 6.31. The molecule has 1 aromatic heterocycles.